The molecule has 1 saturated heterocycles. The molecule has 0 spiro atoms. The van der Waals surface area contributed by atoms with E-state index in [9.17, 15) is 9.59 Å². The van der Waals surface area contributed by atoms with Gasteiger partial charge in [0.05, 0.1) is 0 Å². The lowest BCUT2D eigenvalue weighted by atomic mass is 9.38. The van der Waals surface area contributed by atoms with Crippen molar-refractivity contribution in [1.29, 1.82) is 0 Å². The van der Waals surface area contributed by atoms with E-state index in [2.05, 4.69) is 48.5 Å². The number of hydrogen-bond donors (Lipinski definition) is 1. The molecule has 0 amide bonds. The van der Waals surface area contributed by atoms with Crippen LogP contribution in [0.3, 0.4) is 0 Å². The van der Waals surface area contributed by atoms with Gasteiger partial charge in [-0.2, -0.15) is 0 Å². The number of carboxylic acids is 1. The van der Waals surface area contributed by atoms with Gasteiger partial charge >= 0.3 is 11.9 Å². The third-order valence-corrected chi connectivity index (χ3v) is 13.6. The molecule has 1 aliphatic heterocycles. The summed E-state index contributed by atoms with van der Waals surface area (Å²) in [6, 6.07) is 0. The van der Waals surface area contributed by atoms with Crippen LogP contribution in [0.15, 0.2) is 0 Å². The van der Waals surface area contributed by atoms with Crippen molar-refractivity contribution in [2.45, 2.75) is 143 Å². The Hall–Kier alpha value is -1.10. The molecule has 0 bridgehead atoms. The van der Waals surface area contributed by atoms with Crippen molar-refractivity contribution in [3.63, 3.8) is 0 Å². The van der Waals surface area contributed by atoms with Crippen molar-refractivity contribution < 1.29 is 24.2 Å². The van der Waals surface area contributed by atoms with Crippen LogP contribution in [0.5, 0.6) is 0 Å². The minimum Gasteiger partial charge on any atom is -0.481 e. The molecular weight excluding hydrogens is 464 g/mol. The van der Waals surface area contributed by atoms with E-state index in [0.717, 1.165) is 44.9 Å². The van der Waals surface area contributed by atoms with Crippen LogP contribution in [-0.4, -0.2) is 34.4 Å². The quantitative estimate of drug-likeness (QED) is 0.282. The van der Waals surface area contributed by atoms with E-state index in [4.69, 9.17) is 14.6 Å². The first-order valence-electron chi connectivity index (χ1n) is 15.2. The zero-order chi connectivity index (χ0) is 27.2. The first kappa shape index (κ1) is 27.5. The third kappa shape index (κ3) is 3.43. The number of ether oxygens (including phenoxy) is 2. The zero-order valence-electron chi connectivity index (χ0n) is 24.7. The lowest BCUT2D eigenvalue weighted by molar-refractivity contribution is -0.184. The molecule has 0 aromatic heterocycles. The highest BCUT2D eigenvalue weighted by Crippen LogP contribution is 2.86. The van der Waals surface area contributed by atoms with Crippen molar-refractivity contribution in [1.82, 2.24) is 0 Å². The zero-order valence-corrected chi connectivity index (χ0v) is 24.7. The molecule has 0 aromatic rings. The van der Waals surface area contributed by atoms with Crippen LogP contribution in [0.2, 0.25) is 0 Å². The topological polar surface area (TPSA) is 76.1 Å². The average Bonchev–Trinajstić information content (AvgIpc) is 3.43. The molecule has 5 aliphatic rings. The van der Waals surface area contributed by atoms with E-state index >= 15 is 0 Å². The van der Waals surface area contributed by atoms with Gasteiger partial charge in [0.25, 0.3) is 0 Å². The Bertz CT molecular complexity index is 959. The summed E-state index contributed by atoms with van der Waals surface area (Å²) in [4.78, 5) is 23.0. The molecule has 5 heteroatoms. The fraction of sp³-hybridized carbons (Fsp3) is 0.938. The van der Waals surface area contributed by atoms with Crippen molar-refractivity contribution in [2.75, 3.05) is 0 Å². The van der Waals surface area contributed by atoms with E-state index in [0.29, 0.717) is 23.7 Å². The molecule has 5 nitrogen and oxygen atoms in total. The van der Waals surface area contributed by atoms with Gasteiger partial charge in [-0.1, -0.05) is 48.5 Å². The molecule has 3 unspecified atom stereocenters. The van der Waals surface area contributed by atoms with Gasteiger partial charge in [0.2, 0.25) is 0 Å². The maximum absolute atomic E-state index is 11.9. The smallest absolute Gasteiger partial charge is 0.303 e. The molecule has 37 heavy (non-hydrogen) atoms. The first-order chi connectivity index (χ1) is 17.1. The van der Waals surface area contributed by atoms with Gasteiger partial charge in [-0.05, 0) is 93.3 Å². The second-order valence-electron chi connectivity index (χ2n) is 15.4. The highest BCUT2D eigenvalue weighted by atomic mass is 16.6. The van der Waals surface area contributed by atoms with Crippen LogP contribution < -0.4 is 0 Å². The monoisotopic (exact) mass is 516 g/mol. The molecule has 5 fully saturated rings. The van der Waals surface area contributed by atoms with Crippen molar-refractivity contribution in [2.24, 2.45) is 45.3 Å². The molecule has 0 radical (unpaired) electrons. The molecule has 210 valence electrons. The van der Waals surface area contributed by atoms with Gasteiger partial charge in [-0.25, -0.2) is 0 Å². The Labute approximate surface area is 224 Å². The molecular formula is C32H52O5. The average molecular weight is 517 g/mol. The first-order valence-corrected chi connectivity index (χ1v) is 15.2. The number of esters is 1. The Kier molecular flexibility index (Phi) is 6.27. The molecule has 1 heterocycles. The molecule has 10 atom stereocenters. The summed E-state index contributed by atoms with van der Waals surface area (Å²) in [6.07, 6.45) is 11.3. The fourth-order valence-electron chi connectivity index (χ4n) is 11.6. The van der Waals surface area contributed by atoms with Crippen molar-refractivity contribution >= 4 is 11.9 Å². The molecule has 4 saturated carbocycles. The second-order valence-corrected chi connectivity index (χ2v) is 15.4. The van der Waals surface area contributed by atoms with E-state index in [1.165, 1.54) is 19.3 Å². The summed E-state index contributed by atoms with van der Waals surface area (Å²) in [5.41, 5.74) is 0.435. The van der Waals surface area contributed by atoms with Gasteiger partial charge in [-0.15, -0.1) is 0 Å². The molecule has 1 N–H and O–H groups in total. The number of aliphatic carboxylic acids is 1. The summed E-state index contributed by atoms with van der Waals surface area (Å²) >= 11 is 0. The molecule has 0 aromatic carbocycles. The van der Waals surface area contributed by atoms with E-state index in [1.54, 1.807) is 6.92 Å². The summed E-state index contributed by atoms with van der Waals surface area (Å²) in [6.45, 7) is 18.6. The van der Waals surface area contributed by atoms with Crippen LogP contribution in [0.4, 0.5) is 0 Å². The molecule has 5 rings (SSSR count). The summed E-state index contributed by atoms with van der Waals surface area (Å²) in [5, 5.41) is 9.13. The predicted octanol–water partition coefficient (Wildman–Crippen LogP) is 7.41. The minimum atomic E-state index is -0.678. The van der Waals surface area contributed by atoms with Crippen LogP contribution in [0.1, 0.15) is 126 Å². The normalized spacial score (nSPS) is 49.0. The number of carbonyl (C=O) groups is 2. The molecule has 4 aliphatic carbocycles. The standard InChI is InChI=1S/C32H52O5/c1-20(9-10-26(34)35)19-21(2)23-11-15-30(8)28(23,6)17-18-31-29(7)14-13-25(36-22(3)33)27(4,5)24(29)12-16-32(30,31)37-31/h20-21,23-25H,9-19H2,1-8H3,(H,34,35)/t20?,21-,23-,24+,25+,28-,29+,30-,31?,32?/m1/s1. The van der Waals surface area contributed by atoms with Gasteiger partial charge in [0.15, 0.2) is 0 Å². The Morgan fingerprint density at radius 2 is 1.62 bits per heavy atom. The Morgan fingerprint density at radius 1 is 0.919 bits per heavy atom. The number of fused-ring (bicyclic) bond motifs is 2. The van der Waals surface area contributed by atoms with Crippen LogP contribution in [-0.2, 0) is 19.1 Å². The number of carbonyl (C=O) groups excluding carboxylic acids is 1. The fourth-order valence-corrected chi connectivity index (χ4v) is 11.6. The van der Waals surface area contributed by atoms with E-state index in [-0.39, 0.29) is 51.4 Å². The van der Waals surface area contributed by atoms with Gasteiger partial charge in [-0.3, -0.25) is 9.59 Å². The maximum atomic E-state index is 11.9. The minimum absolute atomic E-state index is 0.00463. The highest BCUT2D eigenvalue weighted by molar-refractivity contribution is 5.66. The number of hydrogen-bond acceptors (Lipinski definition) is 4. The van der Waals surface area contributed by atoms with Crippen molar-refractivity contribution in [3.05, 3.63) is 0 Å². The highest BCUT2D eigenvalue weighted by Gasteiger charge is 2.90. The Balaban J connectivity index is 1.39. The van der Waals surface area contributed by atoms with Crippen LogP contribution in [0, 0.1) is 45.3 Å². The Morgan fingerprint density at radius 3 is 2.27 bits per heavy atom. The number of epoxide rings is 1. The van der Waals surface area contributed by atoms with Crippen LogP contribution >= 0.6 is 0 Å². The number of rotatable bonds is 7. The lowest BCUT2D eigenvalue weighted by Gasteiger charge is -2.64. The lowest BCUT2D eigenvalue weighted by Crippen LogP contribution is -2.66. The summed E-state index contributed by atoms with van der Waals surface area (Å²) in [5.74, 6) is 1.38. The second kappa shape index (κ2) is 8.45. The van der Waals surface area contributed by atoms with Gasteiger partial charge in [0, 0.05) is 29.6 Å². The van der Waals surface area contributed by atoms with Gasteiger partial charge in [0.1, 0.15) is 17.3 Å². The SMILES string of the molecule is CC(=O)O[C@H]1CC[C@@]2(C)[C@@H](CCC34OC32CC[C@]2(C)[C@@H]([C@H](C)CC(C)CCC(=O)O)CC[C@@]42C)C1(C)C. The maximum Gasteiger partial charge on any atom is 0.303 e. The summed E-state index contributed by atoms with van der Waals surface area (Å²) in [7, 11) is 0. The van der Waals surface area contributed by atoms with E-state index in [1.807, 2.05) is 0 Å². The van der Waals surface area contributed by atoms with E-state index < -0.39 is 5.97 Å². The van der Waals surface area contributed by atoms with Gasteiger partial charge < -0.3 is 14.6 Å². The van der Waals surface area contributed by atoms with Crippen molar-refractivity contribution in [3.8, 4) is 0 Å². The summed E-state index contributed by atoms with van der Waals surface area (Å²) < 4.78 is 13.2. The largest absolute Gasteiger partial charge is 0.481 e. The predicted molar refractivity (Wildman–Crippen MR) is 144 cm³/mol. The third-order valence-electron chi connectivity index (χ3n) is 13.6. The number of carboxylic acid groups (broad SMARTS) is 1. The van der Waals surface area contributed by atoms with Crippen LogP contribution in [0.25, 0.3) is 0 Å².